The monoisotopic (exact) mass is 294 g/mol. The van der Waals surface area contributed by atoms with E-state index in [9.17, 15) is 4.39 Å². The summed E-state index contributed by atoms with van der Waals surface area (Å²) in [5, 5.41) is 2.04. The Kier molecular flexibility index (Phi) is 4.63. The summed E-state index contributed by atoms with van der Waals surface area (Å²) < 4.78 is 13.9. The molecule has 2 nitrogen and oxygen atoms in total. The van der Waals surface area contributed by atoms with Crippen molar-refractivity contribution in [2.75, 3.05) is 7.05 Å². The van der Waals surface area contributed by atoms with Gasteiger partial charge in [-0.1, -0.05) is 30.4 Å². The fraction of sp³-hybridized carbons (Fsp3) is 0.214. The molecule has 100 valence electrons. The van der Waals surface area contributed by atoms with Crippen molar-refractivity contribution < 1.29 is 4.39 Å². The van der Waals surface area contributed by atoms with Gasteiger partial charge in [0.2, 0.25) is 0 Å². The third kappa shape index (κ3) is 3.83. The molecule has 0 saturated carbocycles. The lowest BCUT2D eigenvalue weighted by atomic mass is 10.1. The average Bonchev–Trinajstić information content (AvgIpc) is 2.84. The topological polar surface area (TPSA) is 29.3 Å². The molecule has 0 radical (unpaired) electrons. The van der Waals surface area contributed by atoms with Crippen molar-refractivity contribution in [3.05, 3.63) is 57.5 Å². The van der Waals surface area contributed by atoms with E-state index in [4.69, 9.17) is 18.0 Å². The van der Waals surface area contributed by atoms with Crippen LogP contribution in [0.1, 0.15) is 16.0 Å². The van der Waals surface area contributed by atoms with Crippen LogP contribution in [0.5, 0.6) is 0 Å². The number of rotatable bonds is 5. The summed E-state index contributed by atoms with van der Waals surface area (Å²) in [7, 11) is 1.97. The van der Waals surface area contributed by atoms with Crippen molar-refractivity contribution in [1.29, 1.82) is 0 Å². The molecule has 0 aliphatic carbocycles. The molecule has 0 amide bonds. The van der Waals surface area contributed by atoms with E-state index in [2.05, 4.69) is 11.0 Å². The molecule has 0 spiro atoms. The fourth-order valence-corrected chi connectivity index (χ4v) is 2.76. The highest BCUT2D eigenvalue weighted by atomic mass is 32.1. The summed E-state index contributed by atoms with van der Waals surface area (Å²) in [6.07, 6.45) is 0. The van der Waals surface area contributed by atoms with Gasteiger partial charge in [0, 0.05) is 29.1 Å². The highest BCUT2D eigenvalue weighted by molar-refractivity contribution is 7.80. The average molecular weight is 294 g/mol. The number of halogens is 1. The molecule has 19 heavy (non-hydrogen) atoms. The third-order valence-electron chi connectivity index (χ3n) is 2.78. The molecule has 0 fully saturated rings. The van der Waals surface area contributed by atoms with Gasteiger partial charge in [0.05, 0.1) is 0 Å². The minimum atomic E-state index is -0.261. The Hall–Kier alpha value is -1.30. The van der Waals surface area contributed by atoms with Crippen LogP contribution in [0.25, 0.3) is 0 Å². The maximum absolute atomic E-state index is 13.9. The molecular weight excluding hydrogens is 279 g/mol. The van der Waals surface area contributed by atoms with Crippen LogP contribution in [-0.2, 0) is 13.1 Å². The zero-order valence-corrected chi connectivity index (χ0v) is 12.2. The van der Waals surface area contributed by atoms with Crippen molar-refractivity contribution in [2.24, 2.45) is 5.73 Å². The fourth-order valence-electron chi connectivity index (χ4n) is 1.84. The summed E-state index contributed by atoms with van der Waals surface area (Å²) in [5.41, 5.74) is 6.70. The number of nitrogens with zero attached hydrogens (tertiary/aromatic N) is 1. The van der Waals surface area contributed by atoms with Gasteiger partial charge in [-0.2, -0.15) is 0 Å². The van der Waals surface area contributed by atoms with E-state index in [-0.39, 0.29) is 10.8 Å². The molecule has 2 rings (SSSR count). The molecule has 2 aromatic rings. The summed E-state index contributed by atoms with van der Waals surface area (Å²) in [6, 6.07) is 9.00. The van der Waals surface area contributed by atoms with E-state index in [0.29, 0.717) is 17.7 Å². The second kappa shape index (κ2) is 6.23. The van der Waals surface area contributed by atoms with Gasteiger partial charge < -0.3 is 5.73 Å². The van der Waals surface area contributed by atoms with Crippen LogP contribution in [0, 0.1) is 5.82 Å². The van der Waals surface area contributed by atoms with Gasteiger partial charge in [0.1, 0.15) is 10.8 Å². The minimum Gasteiger partial charge on any atom is -0.389 e. The maximum atomic E-state index is 13.9. The molecule has 0 unspecified atom stereocenters. The van der Waals surface area contributed by atoms with Crippen molar-refractivity contribution in [3.63, 3.8) is 0 Å². The van der Waals surface area contributed by atoms with Crippen LogP contribution in [0.2, 0.25) is 0 Å². The van der Waals surface area contributed by atoms with Crippen LogP contribution in [0.3, 0.4) is 0 Å². The molecule has 0 atom stereocenters. The van der Waals surface area contributed by atoms with Crippen molar-refractivity contribution in [1.82, 2.24) is 4.90 Å². The third-order valence-corrected chi connectivity index (χ3v) is 3.88. The van der Waals surface area contributed by atoms with Crippen molar-refractivity contribution in [3.8, 4) is 0 Å². The number of thiocarbonyl (C=S) groups is 1. The largest absolute Gasteiger partial charge is 0.389 e. The van der Waals surface area contributed by atoms with E-state index in [1.807, 2.05) is 18.5 Å². The Balaban J connectivity index is 2.04. The van der Waals surface area contributed by atoms with E-state index in [1.54, 1.807) is 23.5 Å². The molecule has 0 aliphatic heterocycles. The number of thiophene rings is 1. The van der Waals surface area contributed by atoms with Crippen LogP contribution < -0.4 is 5.73 Å². The molecule has 0 aliphatic rings. The SMILES string of the molecule is CN(Cc1cccs1)Cc1ccc(C(N)=S)cc1F. The van der Waals surface area contributed by atoms with Gasteiger partial charge in [0.15, 0.2) is 0 Å². The Morgan fingerprint density at radius 1 is 1.37 bits per heavy atom. The van der Waals surface area contributed by atoms with E-state index in [0.717, 1.165) is 6.54 Å². The number of hydrogen-bond donors (Lipinski definition) is 1. The molecule has 1 heterocycles. The van der Waals surface area contributed by atoms with Gasteiger partial charge >= 0.3 is 0 Å². The molecule has 1 aromatic carbocycles. The smallest absolute Gasteiger partial charge is 0.128 e. The van der Waals surface area contributed by atoms with Gasteiger partial charge in [0.25, 0.3) is 0 Å². The Bertz CT molecular complexity index is 567. The molecular formula is C14H15FN2S2. The first-order valence-electron chi connectivity index (χ1n) is 5.85. The molecule has 1 aromatic heterocycles. The van der Waals surface area contributed by atoms with Crippen LogP contribution in [0.15, 0.2) is 35.7 Å². The summed E-state index contributed by atoms with van der Waals surface area (Å²) in [5.74, 6) is -0.261. The van der Waals surface area contributed by atoms with E-state index in [1.165, 1.54) is 10.9 Å². The first-order chi connectivity index (χ1) is 9.06. The quantitative estimate of drug-likeness (QED) is 0.859. The standard InChI is InChI=1S/C14H15FN2S2/c1-17(9-12-3-2-6-19-12)8-11-5-4-10(14(16)18)7-13(11)15/h2-7H,8-9H2,1H3,(H2,16,18). The maximum Gasteiger partial charge on any atom is 0.128 e. The molecule has 5 heteroatoms. The van der Waals surface area contributed by atoms with Gasteiger partial charge in [-0.25, -0.2) is 4.39 Å². The minimum absolute atomic E-state index is 0.220. The zero-order valence-electron chi connectivity index (χ0n) is 10.6. The van der Waals surface area contributed by atoms with Gasteiger partial charge in [-0.05, 0) is 24.6 Å². The highest BCUT2D eigenvalue weighted by Crippen LogP contribution is 2.16. The van der Waals surface area contributed by atoms with Crippen LogP contribution in [0.4, 0.5) is 4.39 Å². The molecule has 0 bridgehead atoms. The lowest BCUT2D eigenvalue weighted by molar-refractivity contribution is 0.316. The highest BCUT2D eigenvalue weighted by Gasteiger charge is 2.08. The second-order valence-electron chi connectivity index (χ2n) is 4.42. The first kappa shape index (κ1) is 14.1. The van der Waals surface area contributed by atoms with Crippen LogP contribution in [-0.4, -0.2) is 16.9 Å². The van der Waals surface area contributed by atoms with Crippen LogP contribution >= 0.6 is 23.6 Å². The van der Waals surface area contributed by atoms with Crippen molar-refractivity contribution in [2.45, 2.75) is 13.1 Å². The van der Waals surface area contributed by atoms with E-state index < -0.39 is 0 Å². The Labute approximate surface area is 121 Å². The number of hydrogen-bond acceptors (Lipinski definition) is 3. The summed E-state index contributed by atoms with van der Waals surface area (Å²) >= 11 is 6.54. The Morgan fingerprint density at radius 2 is 2.16 bits per heavy atom. The molecule has 2 N–H and O–H groups in total. The predicted molar refractivity (Wildman–Crippen MR) is 81.8 cm³/mol. The Morgan fingerprint density at radius 3 is 2.74 bits per heavy atom. The van der Waals surface area contributed by atoms with E-state index >= 15 is 0 Å². The second-order valence-corrected chi connectivity index (χ2v) is 5.89. The van der Waals surface area contributed by atoms with Gasteiger partial charge in [-0.15, -0.1) is 11.3 Å². The number of nitrogens with two attached hydrogens (primary N) is 1. The normalized spacial score (nSPS) is 10.9. The zero-order chi connectivity index (χ0) is 13.8. The number of benzene rings is 1. The predicted octanol–water partition coefficient (Wildman–Crippen LogP) is 3.15. The van der Waals surface area contributed by atoms with Gasteiger partial charge in [-0.3, -0.25) is 4.90 Å². The molecule has 0 saturated heterocycles. The first-order valence-corrected chi connectivity index (χ1v) is 7.14. The lowest BCUT2D eigenvalue weighted by Gasteiger charge is -2.16. The summed E-state index contributed by atoms with van der Waals surface area (Å²) in [4.78, 5) is 3.56. The lowest BCUT2D eigenvalue weighted by Crippen LogP contribution is -2.18. The summed E-state index contributed by atoms with van der Waals surface area (Å²) in [6.45, 7) is 1.37. The van der Waals surface area contributed by atoms with Crippen molar-refractivity contribution >= 4 is 28.5 Å².